The standard InChI is InChI=1S/C14H18N2O3/c1-16-7-3-2-4-11(16)14(17)15-10-5-6-12-13(8-10)19-9-18-12/h5-6,8,11H,2-4,7,9H2,1H3,(H,15,17). The maximum atomic E-state index is 12.3. The number of ether oxygens (including phenoxy) is 2. The number of hydrogen-bond donors (Lipinski definition) is 1. The van der Waals surface area contributed by atoms with Crippen LogP contribution in [0.2, 0.25) is 0 Å². The maximum Gasteiger partial charge on any atom is 0.241 e. The Kier molecular flexibility index (Phi) is 3.29. The van der Waals surface area contributed by atoms with Gasteiger partial charge in [0.2, 0.25) is 12.7 Å². The van der Waals surface area contributed by atoms with E-state index in [-0.39, 0.29) is 18.7 Å². The minimum absolute atomic E-state index is 0.0285. The van der Waals surface area contributed by atoms with Crippen LogP contribution in [0, 0.1) is 0 Å². The van der Waals surface area contributed by atoms with Gasteiger partial charge in [-0.05, 0) is 38.6 Å². The number of nitrogens with one attached hydrogen (secondary N) is 1. The number of nitrogens with zero attached hydrogens (tertiary/aromatic N) is 1. The lowest BCUT2D eigenvalue weighted by Gasteiger charge is -2.31. The number of carbonyl (C=O) groups excluding carboxylic acids is 1. The van der Waals surface area contributed by atoms with Crippen molar-refractivity contribution in [1.82, 2.24) is 4.90 Å². The van der Waals surface area contributed by atoms with Crippen LogP contribution in [0.3, 0.4) is 0 Å². The summed E-state index contributed by atoms with van der Waals surface area (Å²) < 4.78 is 10.6. The Morgan fingerprint density at radius 2 is 2.16 bits per heavy atom. The molecule has 5 nitrogen and oxygen atoms in total. The van der Waals surface area contributed by atoms with E-state index in [0.29, 0.717) is 5.75 Å². The van der Waals surface area contributed by atoms with E-state index in [2.05, 4.69) is 10.2 Å². The molecule has 0 bridgehead atoms. The van der Waals surface area contributed by atoms with Crippen LogP contribution in [0.4, 0.5) is 5.69 Å². The van der Waals surface area contributed by atoms with E-state index in [1.807, 2.05) is 25.2 Å². The zero-order chi connectivity index (χ0) is 13.2. The predicted octanol–water partition coefficient (Wildman–Crippen LogP) is 1.84. The number of benzene rings is 1. The minimum Gasteiger partial charge on any atom is -0.454 e. The number of rotatable bonds is 2. The third kappa shape index (κ3) is 2.51. The van der Waals surface area contributed by atoms with Crippen molar-refractivity contribution in [3.05, 3.63) is 18.2 Å². The van der Waals surface area contributed by atoms with Crippen molar-refractivity contribution in [2.45, 2.75) is 25.3 Å². The summed E-state index contributed by atoms with van der Waals surface area (Å²) in [4.78, 5) is 14.4. The highest BCUT2D eigenvalue weighted by molar-refractivity contribution is 5.95. The van der Waals surface area contributed by atoms with Gasteiger partial charge in [0.1, 0.15) is 0 Å². The van der Waals surface area contributed by atoms with Crippen molar-refractivity contribution in [3.63, 3.8) is 0 Å². The van der Waals surface area contributed by atoms with Gasteiger partial charge < -0.3 is 14.8 Å². The zero-order valence-corrected chi connectivity index (χ0v) is 11.0. The Labute approximate surface area is 112 Å². The van der Waals surface area contributed by atoms with Gasteiger partial charge in [0.05, 0.1) is 6.04 Å². The van der Waals surface area contributed by atoms with E-state index >= 15 is 0 Å². The highest BCUT2D eigenvalue weighted by Gasteiger charge is 2.26. The van der Waals surface area contributed by atoms with Gasteiger partial charge in [-0.3, -0.25) is 9.69 Å². The fourth-order valence-corrected chi connectivity index (χ4v) is 2.61. The molecule has 0 aromatic heterocycles. The molecule has 1 aromatic carbocycles. The van der Waals surface area contributed by atoms with Crippen LogP contribution in [0.5, 0.6) is 11.5 Å². The van der Waals surface area contributed by atoms with Crippen LogP contribution in [0.15, 0.2) is 18.2 Å². The number of anilines is 1. The Balaban J connectivity index is 1.69. The molecule has 2 aliphatic rings. The fourth-order valence-electron chi connectivity index (χ4n) is 2.61. The van der Waals surface area contributed by atoms with Gasteiger partial charge in [0.15, 0.2) is 11.5 Å². The molecular formula is C14H18N2O3. The Hall–Kier alpha value is -1.75. The second-order valence-electron chi connectivity index (χ2n) is 5.05. The Morgan fingerprint density at radius 3 is 3.00 bits per heavy atom. The van der Waals surface area contributed by atoms with Gasteiger partial charge in [-0.1, -0.05) is 6.42 Å². The molecule has 1 N–H and O–H groups in total. The van der Waals surface area contributed by atoms with Gasteiger partial charge in [0, 0.05) is 11.8 Å². The second-order valence-corrected chi connectivity index (χ2v) is 5.05. The van der Waals surface area contributed by atoms with E-state index in [0.717, 1.165) is 30.8 Å². The van der Waals surface area contributed by atoms with Crippen molar-refractivity contribution < 1.29 is 14.3 Å². The van der Waals surface area contributed by atoms with Gasteiger partial charge >= 0.3 is 0 Å². The summed E-state index contributed by atoms with van der Waals surface area (Å²) in [5, 5.41) is 2.96. The summed E-state index contributed by atoms with van der Waals surface area (Å²) in [5.41, 5.74) is 0.758. The summed E-state index contributed by atoms with van der Waals surface area (Å²) in [7, 11) is 2.00. The highest BCUT2D eigenvalue weighted by atomic mass is 16.7. The lowest BCUT2D eigenvalue weighted by Crippen LogP contribution is -2.44. The Morgan fingerprint density at radius 1 is 1.32 bits per heavy atom. The van der Waals surface area contributed by atoms with Gasteiger partial charge in [-0.2, -0.15) is 0 Å². The molecule has 1 aromatic rings. The molecule has 2 heterocycles. The topological polar surface area (TPSA) is 50.8 Å². The van der Waals surface area contributed by atoms with E-state index in [4.69, 9.17) is 9.47 Å². The summed E-state index contributed by atoms with van der Waals surface area (Å²) >= 11 is 0. The second kappa shape index (κ2) is 5.09. The summed E-state index contributed by atoms with van der Waals surface area (Å²) in [6, 6.07) is 5.44. The number of carbonyl (C=O) groups is 1. The van der Waals surface area contributed by atoms with E-state index in [1.165, 1.54) is 6.42 Å². The lowest BCUT2D eigenvalue weighted by atomic mass is 10.0. The largest absolute Gasteiger partial charge is 0.454 e. The van der Waals surface area contributed by atoms with Crippen molar-refractivity contribution in [3.8, 4) is 11.5 Å². The quantitative estimate of drug-likeness (QED) is 0.883. The average Bonchev–Trinajstić information content (AvgIpc) is 2.86. The molecule has 1 unspecified atom stereocenters. The monoisotopic (exact) mass is 262 g/mol. The highest BCUT2D eigenvalue weighted by Crippen LogP contribution is 2.34. The van der Waals surface area contributed by atoms with Crippen LogP contribution in [0.25, 0.3) is 0 Å². The van der Waals surface area contributed by atoms with Gasteiger partial charge in [-0.25, -0.2) is 0 Å². The first-order valence-corrected chi connectivity index (χ1v) is 6.65. The van der Waals surface area contributed by atoms with E-state index in [1.54, 1.807) is 0 Å². The van der Waals surface area contributed by atoms with Crippen molar-refractivity contribution in [2.75, 3.05) is 25.7 Å². The fraction of sp³-hybridized carbons (Fsp3) is 0.500. The van der Waals surface area contributed by atoms with Crippen molar-refractivity contribution in [2.24, 2.45) is 0 Å². The average molecular weight is 262 g/mol. The molecular weight excluding hydrogens is 244 g/mol. The van der Waals surface area contributed by atoms with Gasteiger partial charge in [0.25, 0.3) is 0 Å². The van der Waals surface area contributed by atoms with Crippen LogP contribution < -0.4 is 14.8 Å². The number of amides is 1. The first-order chi connectivity index (χ1) is 9.24. The van der Waals surface area contributed by atoms with Crippen LogP contribution in [0.1, 0.15) is 19.3 Å². The van der Waals surface area contributed by atoms with Crippen LogP contribution >= 0.6 is 0 Å². The maximum absolute atomic E-state index is 12.3. The third-order valence-corrected chi connectivity index (χ3v) is 3.71. The molecule has 1 fully saturated rings. The predicted molar refractivity (Wildman–Crippen MR) is 71.5 cm³/mol. The Bertz CT molecular complexity index is 490. The number of likely N-dealkylation sites (N-methyl/N-ethyl adjacent to an activating group) is 1. The number of hydrogen-bond acceptors (Lipinski definition) is 4. The molecule has 5 heteroatoms. The SMILES string of the molecule is CN1CCCCC1C(=O)Nc1ccc2c(c1)OCO2. The van der Waals surface area contributed by atoms with Crippen LogP contribution in [-0.4, -0.2) is 37.2 Å². The summed E-state index contributed by atoms with van der Waals surface area (Å²) in [6.07, 6.45) is 3.21. The summed E-state index contributed by atoms with van der Waals surface area (Å²) in [5.74, 6) is 1.48. The number of piperidine rings is 1. The molecule has 0 radical (unpaired) electrons. The molecule has 0 aliphatic carbocycles. The van der Waals surface area contributed by atoms with Crippen LogP contribution in [-0.2, 0) is 4.79 Å². The normalized spacial score (nSPS) is 22.3. The van der Waals surface area contributed by atoms with Crippen molar-refractivity contribution >= 4 is 11.6 Å². The molecule has 0 saturated carbocycles. The molecule has 3 rings (SSSR count). The third-order valence-electron chi connectivity index (χ3n) is 3.71. The minimum atomic E-state index is -0.0285. The van der Waals surface area contributed by atoms with Crippen molar-refractivity contribution in [1.29, 1.82) is 0 Å². The first kappa shape index (κ1) is 12.3. The molecule has 2 aliphatic heterocycles. The molecule has 1 atom stereocenters. The lowest BCUT2D eigenvalue weighted by molar-refractivity contribution is -0.121. The number of fused-ring (bicyclic) bond motifs is 1. The molecule has 19 heavy (non-hydrogen) atoms. The zero-order valence-electron chi connectivity index (χ0n) is 11.0. The molecule has 102 valence electrons. The van der Waals surface area contributed by atoms with E-state index in [9.17, 15) is 4.79 Å². The molecule has 0 spiro atoms. The summed E-state index contributed by atoms with van der Waals surface area (Å²) in [6.45, 7) is 1.23. The smallest absolute Gasteiger partial charge is 0.241 e. The van der Waals surface area contributed by atoms with E-state index < -0.39 is 0 Å². The number of likely N-dealkylation sites (tertiary alicyclic amines) is 1. The molecule has 1 amide bonds. The van der Waals surface area contributed by atoms with Gasteiger partial charge in [-0.15, -0.1) is 0 Å². The molecule has 1 saturated heterocycles. The first-order valence-electron chi connectivity index (χ1n) is 6.65.